The van der Waals surface area contributed by atoms with E-state index < -0.39 is 0 Å². The number of nitrogens with one attached hydrogen (secondary N) is 1. The fourth-order valence-electron chi connectivity index (χ4n) is 2.55. The molecular weight excluding hydrogens is 302 g/mol. The van der Waals surface area contributed by atoms with Gasteiger partial charge in [0.15, 0.2) is 0 Å². The summed E-state index contributed by atoms with van der Waals surface area (Å²) in [5.74, 6) is 5.80. The lowest BCUT2D eigenvalue weighted by Gasteiger charge is -2.18. The first-order valence-corrected chi connectivity index (χ1v) is 7.93. The number of pyridine rings is 1. The zero-order valence-corrected chi connectivity index (χ0v) is 13.2. The quantitative estimate of drug-likeness (QED) is 0.565. The number of para-hydroxylation sites is 1. The first-order chi connectivity index (χ1) is 10.2. The van der Waals surface area contributed by atoms with Gasteiger partial charge in [-0.2, -0.15) is 0 Å². The van der Waals surface area contributed by atoms with E-state index in [2.05, 4.69) is 22.5 Å². The minimum Gasteiger partial charge on any atom is -0.271 e. The Morgan fingerprint density at radius 1 is 1.29 bits per heavy atom. The third kappa shape index (κ3) is 3.09. The molecule has 0 spiro atoms. The first kappa shape index (κ1) is 14.5. The van der Waals surface area contributed by atoms with Gasteiger partial charge in [-0.1, -0.05) is 29.8 Å². The summed E-state index contributed by atoms with van der Waals surface area (Å²) in [6.45, 7) is 2.01. The number of hydrazine groups is 1. The molecule has 0 aliphatic heterocycles. The Bertz CT molecular complexity index is 769. The van der Waals surface area contributed by atoms with Crippen molar-refractivity contribution in [1.29, 1.82) is 0 Å². The zero-order valence-electron chi connectivity index (χ0n) is 11.6. The molecule has 0 fully saturated rings. The van der Waals surface area contributed by atoms with Gasteiger partial charge < -0.3 is 0 Å². The average molecular weight is 318 g/mol. The largest absolute Gasteiger partial charge is 0.271 e. The fraction of sp³-hybridized carbons (Fsp3) is 0.188. The molecule has 0 bridgehead atoms. The summed E-state index contributed by atoms with van der Waals surface area (Å²) in [5, 5.41) is 1.13. The second-order valence-electron chi connectivity index (χ2n) is 5.00. The Kier molecular flexibility index (Phi) is 4.22. The van der Waals surface area contributed by atoms with E-state index in [0.717, 1.165) is 27.4 Å². The van der Waals surface area contributed by atoms with Gasteiger partial charge >= 0.3 is 0 Å². The van der Waals surface area contributed by atoms with Crippen molar-refractivity contribution in [3.8, 4) is 0 Å². The third-order valence-electron chi connectivity index (χ3n) is 3.49. The molecule has 0 saturated carbocycles. The van der Waals surface area contributed by atoms with Gasteiger partial charge in [0.1, 0.15) is 0 Å². The lowest BCUT2D eigenvalue weighted by Crippen LogP contribution is -2.29. The van der Waals surface area contributed by atoms with Gasteiger partial charge in [0.25, 0.3) is 0 Å². The van der Waals surface area contributed by atoms with Crippen LogP contribution in [0.2, 0.25) is 4.34 Å². The number of hydrogen-bond acceptors (Lipinski definition) is 4. The van der Waals surface area contributed by atoms with E-state index in [1.54, 1.807) is 11.3 Å². The number of benzene rings is 1. The number of hydrogen-bond donors (Lipinski definition) is 2. The summed E-state index contributed by atoms with van der Waals surface area (Å²) in [6.07, 6.45) is 0.807. The highest BCUT2D eigenvalue weighted by Gasteiger charge is 2.16. The third-order valence-corrected chi connectivity index (χ3v) is 4.74. The van der Waals surface area contributed by atoms with E-state index in [0.29, 0.717) is 0 Å². The Balaban J connectivity index is 2.04. The molecule has 21 heavy (non-hydrogen) atoms. The Labute approximate surface area is 132 Å². The van der Waals surface area contributed by atoms with Crippen LogP contribution in [0.15, 0.2) is 42.5 Å². The smallest absolute Gasteiger partial charge is 0.0931 e. The highest BCUT2D eigenvalue weighted by Crippen LogP contribution is 2.29. The average Bonchev–Trinajstić information content (AvgIpc) is 2.89. The van der Waals surface area contributed by atoms with Crippen LogP contribution in [0, 0.1) is 6.92 Å². The van der Waals surface area contributed by atoms with Crippen molar-refractivity contribution in [3.05, 3.63) is 62.9 Å². The number of aryl methyl sites for hydroxylation is 1. The maximum atomic E-state index is 6.01. The number of thiophene rings is 1. The van der Waals surface area contributed by atoms with Crippen molar-refractivity contribution in [1.82, 2.24) is 10.4 Å². The van der Waals surface area contributed by atoms with Crippen molar-refractivity contribution in [3.63, 3.8) is 0 Å². The van der Waals surface area contributed by atoms with Crippen molar-refractivity contribution >= 4 is 33.8 Å². The summed E-state index contributed by atoms with van der Waals surface area (Å²) in [7, 11) is 0. The number of aromatic nitrogens is 1. The van der Waals surface area contributed by atoms with Gasteiger partial charge in [-0.15, -0.1) is 11.3 Å². The van der Waals surface area contributed by atoms with Crippen LogP contribution in [0.4, 0.5) is 0 Å². The van der Waals surface area contributed by atoms with E-state index in [9.17, 15) is 0 Å². The maximum Gasteiger partial charge on any atom is 0.0931 e. The van der Waals surface area contributed by atoms with Gasteiger partial charge in [-0.25, -0.2) is 0 Å². The van der Waals surface area contributed by atoms with Gasteiger partial charge in [0.05, 0.1) is 15.9 Å². The predicted octanol–water partition coefficient (Wildman–Crippen LogP) is 4.01. The molecule has 3 aromatic rings. The summed E-state index contributed by atoms with van der Waals surface area (Å²) >= 11 is 7.60. The van der Waals surface area contributed by atoms with Crippen LogP contribution in [-0.4, -0.2) is 4.98 Å². The minimum absolute atomic E-state index is 0.0336. The Morgan fingerprint density at radius 2 is 2.10 bits per heavy atom. The van der Waals surface area contributed by atoms with Crippen LogP contribution in [0.3, 0.4) is 0 Å². The molecule has 0 amide bonds. The van der Waals surface area contributed by atoms with Crippen LogP contribution < -0.4 is 11.3 Å². The molecular formula is C16H16ClN3S. The lowest BCUT2D eigenvalue weighted by atomic mass is 9.98. The van der Waals surface area contributed by atoms with Gasteiger partial charge in [0.2, 0.25) is 0 Å². The number of halogens is 1. The number of nitrogens with zero attached hydrogens (tertiary/aromatic N) is 1. The Morgan fingerprint density at radius 3 is 2.81 bits per heavy atom. The van der Waals surface area contributed by atoms with Crippen LogP contribution >= 0.6 is 22.9 Å². The molecule has 3 N–H and O–H groups in total. The van der Waals surface area contributed by atoms with E-state index in [1.807, 2.05) is 37.3 Å². The lowest BCUT2D eigenvalue weighted by molar-refractivity contribution is 0.558. The molecule has 0 aliphatic rings. The standard InChI is InChI=1S/C16H16ClN3S/c1-10-8-13(12-4-2-3-5-14(12)19-10)15(20-18)9-11-6-7-16(17)21-11/h2-8,15,20H,9,18H2,1H3. The van der Waals surface area contributed by atoms with Gasteiger partial charge in [0, 0.05) is 22.4 Å². The van der Waals surface area contributed by atoms with Crippen LogP contribution in [0.5, 0.6) is 0 Å². The summed E-state index contributed by atoms with van der Waals surface area (Å²) in [4.78, 5) is 5.79. The van der Waals surface area contributed by atoms with Crippen LogP contribution in [0.25, 0.3) is 10.9 Å². The second kappa shape index (κ2) is 6.12. The van der Waals surface area contributed by atoms with Crippen LogP contribution in [0.1, 0.15) is 22.2 Å². The highest BCUT2D eigenvalue weighted by atomic mass is 35.5. The molecule has 2 heterocycles. The van der Waals surface area contributed by atoms with E-state index in [-0.39, 0.29) is 6.04 Å². The normalized spacial score (nSPS) is 12.7. The molecule has 108 valence electrons. The van der Waals surface area contributed by atoms with Gasteiger partial charge in [-0.3, -0.25) is 16.3 Å². The van der Waals surface area contributed by atoms with Crippen LogP contribution in [-0.2, 0) is 6.42 Å². The SMILES string of the molecule is Cc1cc(C(Cc2ccc(Cl)s2)NN)c2ccccc2n1. The monoisotopic (exact) mass is 317 g/mol. The van der Waals surface area contributed by atoms with Crippen molar-refractivity contribution < 1.29 is 0 Å². The minimum atomic E-state index is 0.0336. The van der Waals surface area contributed by atoms with E-state index in [1.165, 1.54) is 10.4 Å². The van der Waals surface area contributed by atoms with Crippen molar-refractivity contribution in [2.75, 3.05) is 0 Å². The maximum absolute atomic E-state index is 6.01. The molecule has 0 saturated heterocycles. The number of fused-ring (bicyclic) bond motifs is 1. The highest BCUT2D eigenvalue weighted by molar-refractivity contribution is 7.16. The summed E-state index contributed by atoms with van der Waals surface area (Å²) in [6, 6.07) is 14.2. The van der Waals surface area contributed by atoms with Gasteiger partial charge in [-0.05, 0) is 36.8 Å². The summed E-state index contributed by atoms with van der Waals surface area (Å²) < 4.78 is 0.802. The van der Waals surface area contributed by atoms with Crippen molar-refractivity contribution in [2.45, 2.75) is 19.4 Å². The van der Waals surface area contributed by atoms with E-state index >= 15 is 0 Å². The number of nitrogens with two attached hydrogens (primary N) is 1. The zero-order chi connectivity index (χ0) is 14.8. The molecule has 1 atom stereocenters. The molecule has 3 nitrogen and oxygen atoms in total. The molecule has 5 heteroatoms. The molecule has 2 aromatic heterocycles. The Hall–Kier alpha value is -1.46. The summed E-state index contributed by atoms with van der Waals surface area (Å²) in [5.41, 5.74) is 6.09. The topological polar surface area (TPSA) is 50.9 Å². The first-order valence-electron chi connectivity index (χ1n) is 6.74. The second-order valence-corrected chi connectivity index (χ2v) is 6.80. The molecule has 3 rings (SSSR count). The predicted molar refractivity (Wildman–Crippen MR) is 89.6 cm³/mol. The van der Waals surface area contributed by atoms with E-state index in [4.69, 9.17) is 17.4 Å². The number of rotatable bonds is 4. The molecule has 1 unspecified atom stereocenters. The molecule has 1 aromatic carbocycles. The van der Waals surface area contributed by atoms with Crippen molar-refractivity contribution in [2.24, 2.45) is 5.84 Å². The molecule has 0 radical (unpaired) electrons. The fourth-order valence-corrected chi connectivity index (χ4v) is 3.68. The molecule has 0 aliphatic carbocycles.